The second-order valence-corrected chi connectivity index (χ2v) is 7.24. The summed E-state index contributed by atoms with van der Waals surface area (Å²) in [5.41, 5.74) is 0.714. The number of ether oxygens (including phenoxy) is 1. The minimum absolute atomic E-state index is 0.198. The van der Waals surface area contributed by atoms with Crippen molar-refractivity contribution >= 4 is 11.5 Å². The van der Waals surface area contributed by atoms with Crippen LogP contribution in [0.2, 0.25) is 0 Å². The first-order valence-corrected chi connectivity index (χ1v) is 9.85. The van der Waals surface area contributed by atoms with Gasteiger partial charge in [-0.3, -0.25) is 0 Å². The van der Waals surface area contributed by atoms with Gasteiger partial charge in [0.2, 0.25) is 0 Å². The maximum atomic E-state index is 14.1. The summed E-state index contributed by atoms with van der Waals surface area (Å²) in [5.74, 6) is 0.723. The molecule has 2 aliphatic rings. The minimum atomic E-state index is -0.365. The van der Waals surface area contributed by atoms with E-state index in [1.54, 1.807) is 24.4 Å². The van der Waals surface area contributed by atoms with Crippen molar-refractivity contribution in [3.63, 3.8) is 0 Å². The van der Waals surface area contributed by atoms with Gasteiger partial charge < -0.3 is 19.6 Å². The van der Waals surface area contributed by atoms with Gasteiger partial charge in [-0.1, -0.05) is 12.1 Å². The molecule has 0 saturated carbocycles. The lowest BCUT2D eigenvalue weighted by molar-refractivity contribution is 0.157. The number of anilines is 2. The third-order valence-electron chi connectivity index (χ3n) is 5.40. The van der Waals surface area contributed by atoms with Crippen molar-refractivity contribution in [1.82, 2.24) is 4.98 Å². The molecule has 144 valence electrons. The molecular formula is C21H26FN3O2. The number of hydrogen-bond acceptors (Lipinski definition) is 5. The smallest absolute Gasteiger partial charge is 0.182 e. The Balaban J connectivity index is 1.61. The molecule has 2 fully saturated rings. The number of pyridine rings is 1. The molecule has 0 aliphatic carbocycles. The summed E-state index contributed by atoms with van der Waals surface area (Å²) in [5, 5.41) is 11.0. The fourth-order valence-electron chi connectivity index (χ4n) is 3.99. The van der Waals surface area contributed by atoms with E-state index >= 15 is 0 Å². The predicted octanol–water partition coefficient (Wildman–Crippen LogP) is 4.31. The first-order valence-electron chi connectivity index (χ1n) is 9.85. The average Bonchev–Trinajstić information content (AvgIpc) is 2.71. The zero-order valence-corrected chi connectivity index (χ0v) is 15.5. The van der Waals surface area contributed by atoms with Gasteiger partial charge in [0.15, 0.2) is 29.4 Å². The Kier molecular flexibility index (Phi) is 5.32. The Labute approximate surface area is 159 Å². The van der Waals surface area contributed by atoms with Crippen molar-refractivity contribution in [1.29, 1.82) is 0 Å². The SMILES string of the molecule is Oc1c(N2CCCCC2Oc2ccccc2F)ccnc1N1CCCCC1. The van der Waals surface area contributed by atoms with Crippen molar-refractivity contribution in [2.75, 3.05) is 29.4 Å². The normalized spacial score (nSPS) is 20.6. The molecule has 2 aromatic rings. The third-order valence-corrected chi connectivity index (χ3v) is 5.40. The molecule has 5 nitrogen and oxygen atoms in total. The van der Waals surface area contributed by atoms with Crippen LogP contribution in [0.1, 0.15) is 38.5 Å². The highest BCUT2D eigenvalue weighted by atomic mass is 19.1. The van der Waals surface area contributed by atoms with Crippen molar-refractivity contribution in [3.8, 4) is 11.5 Å². The molecular weight excluding hydrogens is 345 g/mol. The van der Waals surface area contributed by atoms with E-state index in [1.807, 2.05) is 11.0 Å². The average molecular weight is 371 g/mol. The highest BCUT2D eigenvalue weighted by Gasteiger charge is 2.29. The number of aromatic hydroxyl groups is 1. The van der Waals surface area contributed by atoms with Crippen molar-refractivity contribution in [3.05, 3.63) is 42.3 Å². The second kappa shape index (κ2) is 8.03. The first kappa shape index (κ1) is 17.9. The number of hydrogen-bond donors (Lipinski definition) is 1. The number of para-hydroxylation sites is 1. The fourth-order valence-corrected chi connectivity index (χ4v) is 3.99. The lowest BCUT2D eigenvalue weighted by Gasteiger charge is -2.38. The van der Waals surface area contributed by atoms with Gasteiger partial charge in [0.05, 0.1) is 5.69 Å². The summed E-state index contributed by atoms with van der Waals surface area (Å²) in [6.07, 6.45) is 7.71. The van der Waals surface area contributed by atoms with Crippen LogP contribution in [0.25, 0.3) is 0 Å². The Morgan fingerprint density at radius 3 is 2.59 bits per heavy atom. The molecule has 2 aliphatic heterocycles. The van der Waals surface area contributed by atoms with Gasteiger partial charge in [-0.2, -0.15) is 0 Å². The van der Waals surface area contributed by atoms with Crippen molar-refractivity contribution in [2.45, 2.75) is 44.8 Å². The molecule has 1 N–H and O–H groups in total. The van der Waals surface area contributed by atoms with Crippen molar-refractivity contribution in [2.24, 2.45) is 0 Å². The van der Waals surface area contributed by atoms with E-state index < -0.39 is 0 Å². The molecule has 2 saturated heterocycles. The van der Waals surface area contributed by atoms with Crippen LogP contribution in [0, 0.1) is 5.82 Å². The van der Waals surface area contributed by atoms with Gasteiger partial charge in [0, 0.05) is 32.3 Å². The van der Waals surface area contributed by atoms with Crippen LogP contribution in [0.4, 0.5) is 15.9 Å². The summed E-state index contributed by atoms with van der Waals surface area (Å²) >= 11 is 0. The lowest BCUT2D eigenvalue weighted by Crippen LogP contribution is -2.43. The molecule has 0 bridgehead atoms. The number of rotatable bonds is 4. The molecule has 3 heterocycles. The first-order chi connectivity index (χ1) is 13.2. The standard InChI is InChI=1S/C21H26FN3O2/c22-16-8-2-3-9-18(16)27-19-10-4-7-15-25(19)17-11-12-23-21(20(17)26)24-13-5-1-6-14-24/h2-3,8-9,11-12,19,26H,1,4-7,10,13-15H2. The van der Waals surface area contributed by atoms with Crippen LogP contribution in [-0.4, -0.2) is 36.0 Å². The molecule has 4 rings (SSSR count). The van der Waals surface area contributed by atoms with Gasteiger partial charge in [-0.05, 0) is 50.3 Å². The molecule has 0 spiro atoms. The summed E-state index contributed by atoms with van der Waals surface area (Å²) in [7, 11) is 0. The summed E-state index contributed by atoms with van der Waals surface area (Å²) < 4.78 is 20.1. The second-order valence-electron chi connectivity index (χ2n) is 7.24. The Morgan fingerprint density at radius 2 is 1.78 bits per heavy atom. The van der Waals surface area contributed by atoms with Crippen LogP contribution in [0.3, 0.4) is 0 Å². The summed E-state index contributed by atoms with van der Waals surface area (Å²) in [6.45, 7) is 2.59. The number of benzene rings is 1. The van der Waals surface area contributed by atoms with Crippen LogP contribution < -0.4 is 14.5 Å². The zero-order valence-electron chi connectivity index (χ0n) is 15.5. The summed E-state index contributed by atoms with van der Waals surface area (Å²) in [4.78, 5) is 8.62. The minimum Gasteiger partial charge on any atom is -0.503 e. The Bertz CT molecular complexity index is 780. The van der Waals surface area contributed by atoms with Crippen LogP contribution in [-0.2, 0) is 0 Å². The molecule has 0 amide bonds. The maximum Gasteiger partial charge on any atom is 0.182 e. The largest absolute Gasteiger partial charge is 0.503 e. The Morgan fingerprint density at radius 1 is 1.00 bits per heavy atom. The topological polar surface area (TPSA) is 48.8 Å². The van der Waals surface area contributed by atoms with Crippen LogP contribution in [0.5, 0.6) is 11.5 Å². The zero-order chi connectivity index (χ0) is 18.6. The lowest BCUT2D eigenvalue weighted by atomic mass is 10.1. The van der Waals surface area contributed by atoms with Gasteiger partial charge in [0.25, 0.3) is 0 Å². The highest BCUT2D eigenvalue weighted by molar-refractivity contribution is 5.69. The summed E-state index contributed by atoms with van der Waals surface area (Å²) in [6, 6.07) is 8.30. The maximum absolute atomic E-state index is 14.1. The number of nitrogens with zero attached hydrogens (tertiary/aromatic N) is 3. The van der Waals surface area contributed by atoms with Gasteiger partial charge in [-0.15, -0.1) is 0 Å². The van der Waals surface area contributed by atoms with Crippen molar-refractivity contribution < 1.29 is 14.2 Å². The highest BCUT2D eigenvalue weighted by Crippen LogP contribution is 2.39. The molecule has 1 atom stereocenters. The number of piperidine rings is 2. The van der Waals surface area contributed by atoms with E-state index in [4.69, 9.17) is 4.74 Å². The van der Waals surface area contributed by atoms with Gasteiger partial charge >= 0.3 is 0 Å². The van der Waals surface area contributed by atoms with E-state index in [9.17, 15) is 9.50 Å². The van der Waals surface area contributed by atoms with Gasteiger partial charge in [-0.25, -0.2) is 9.37 Å². The van der Waals surface area contributed by atoms with Gasteiger partial charge in [0.1, 0.15) is 0 Å². The molecule has 6 heteroatoms. The number of halogens is 1. The predicted molar refractivity (Wildman–Crippen MR) is 104 cm³/mol. The molecule has 1 unspecified atom stereocenters. The quantitative estimate of drug-likeness (QED) is 0.868. The molecule has 1 aromatic carbocycles. The van der Waals surface area contributed by atoms with E-state index in [1.165, 1.54) is 12.5 Å². The molecule has 27 heavy (non-hydrogen) atoms. The van der Waals surface area contributed by atoms with E-state index in [-0.39, 0.29) is 23.5 Å². The molecule has 1 aromatic heterocycles. The monoisotopic (exact) mass is 371 g/mol. The Hall–Kier alpha value is -2.50. The molecule has 0 radical (unpaired) electrons. The number of aromatic nitrogens is 1. The van der Waals surface area contributed by atoms with Crippen LogP contribution in [0.15, 0.2) is 36.5 Å². The van der Waals surface area contributed by atoms with Crippen LogP contribution >= 0.6 is 0 Å². The van der Waals surface area contributed by atoms with E-state index in [2.05, 4.69) is 9.88 Å². The fraction of sp³-hybridized carbons (Fsp3) is 0.476. The van der Waals surface area contributed by atoms with E-state index in [0.29, 0.717) is 11.5 Å². The van der Waals surface area contributed by atoms with E-state index in [0.717, 1.165) is 51.7 Å². The third kappa shape index (κ3) is 3.80.